The van der Waals surface area contributed by atoms with Crippen LogP contribution in [-0.4, -0.2) is 22.4 Å². The second-order valence-corrected chi connectivity index (χ2v) is 12.4. The van der Waals surface area contributed by atoms with Crippen LogP contribution in [0.4, 0.5) is 4.39 Å². The molecular weight excluding hydrogens is 523 g/mol. The van der Waals surface area contributed by atoms with Gasteiger partial charge in [0.2, 0.25) is 6.36 Å². The molecule has 0 saturated carbocycles. The van der Waals surface area contributed by atoms with Crippen LogP contribution < -0.4 is 4.74 Å². The van der Waals surface area contributed by atoms with E-state index >= 15 is 0 Å². The van der Waals surface area contributed by atoms with E-state index in [1.54, 1.807) is 36.5 Å². The molecule has 40 heavy (non-hydrogen) atoms. The van der Waals surface area contributed by atoms with Crippen LogP contribution in [0.25, 0.3) is 10.6 Å². The van der Waals surface area contributed by atoms with E-state index in [1.807, 2.05) is 13.8 Å². The number of carboxylic acids is 1. The molecule has 0 aliphatic carbocycles. The van der Waals surface area contributed by atoms with Gasteiger partial charge in [0.25, 0.3) is 0 Å². The third-order valence-electron chi connectivity index (χ3n) is 7.99. The summed E-state index contributed by atoms with van der Waals surface area (Å²) in [6, 6.07) is 7.06. The normalized spacial score (nSPS) is 14.8. The van der Waals surface area contributed by atoms with Crippen molar-refractivity contribution >= 4 is 17.3 Å². The number of aromatic nitrogens is 1. The number of hydrogen-bond acceptors (Lipinski definition) is 5. The molecule has 0 amide bonds. The monoisotopic (exact) mass is 574 g/mol. The highest BCUT2D eigenvalue weighted by atomic mass is 32.1. The molecule has 1 aromatic carbocycles. The van der Waals surface area contributed by atoms with Gasteiger partial charge in [-0.3, -0.25) is 4.79 Å². The number of rotatable bonds is 15. The number of nitrogens with zero attached hydrogens (tertiary/aromatic N) is 2. The summed E-state index contributed by atoms with van der Waals surface area (Å²) in [7, 11) is 0. The number of ether oxygens (including phenoxy) is 1. The lowest BCUT2D eigenvalue weighted by atomic mass is 9.69. The van der Waals surface area contributed by atoms with E-state index in [4.69, 9.17) is 10.00 Å². The van der Waals surface area contributed by atoms with Gasteiger partial charge in [-0.25, -0.2) is 9.37 Å². The van der Waals surface area contributed by atoms with E-state index in [-0.39, 0.29) is 6.42 Å². The zero-order valence-corrected chi connectivity index (χ0v) is 27.0. The number of alkyl halides is 1. The summed E-state index contributed by atoms with van der Waals surface area (Å²) in [5, 5.41) is 19.5. The molecule has 0 radical (unpaired) electrons. The van der Waals surface area contributed by atoms with Crippen molar-refractivity contribution < 1.29 is 19.0 Å². The molecule has 0 aliphatic heterocycles. The van der Waals surface area contributed by atoms with E-state index in [9.17, 15) is 14.3 Å². The number of carboxylic acid groups (broad SMARTS) is 1. The van der Waals surface area contributed by atoms with E-state index in [0.717, 1.165) is 49.2 Å². The maximum Gasteiger partial charge on any atom is 0.309 e. The molecule has 0 aliphatic rings. The fourth-order valence-electron chi connectivity index (χ4n) is 4.99. The second kappa shape index (κ2) is 17.4. The molecule has 2 rings (SSSR count). The fourth-order valence-corrected chi connectivity index (χ4v) is 6.01. The minimum absolute atomic E-state index is 0.274. The molecule has 1 heterocycles. The highest BCUT2D eigenvalue weighted by molar-refractivity contribution is 7.15. The van der Waals surface area contributed by atoms with Crippen LogP contribution in [0, 0.1) is 41.4 Å². The Bertz CT molecular complexity index is 1090. The first-order valence-electron chi connectivity index (χ1n) is 15.0. The number of carbonyl (C=O) groups is 1. The van der Waals surface area contributed by atoms with Crippen LogP contribution in [0.15, 0.2) is 18.2 Å². The molecule has 0 saturated heterocycles. The van der Waals surface area contributed by atoms with Crippen molar-refractivity contribution in [2.24, 2.45) is 23.2 Å². The molecule has 2 aromatic rings. The van der Waals surface area contributed by atoms with Crippen molar-refractivity contribution in [3.8, 4) is 22.4 Å². The first-order chi connectivity index (χ1) is 18.9. The Labute approximate surface area is 246 Å². The number of benzene rings is 1. The maximum absolute atomic E-state index is 13.5. The molecule has 0 bridgehead atoms. The minimum Gasteiger partial charge on any atom is -0.481 e. The minimum atomic E-state index is -1.36. The molecule has 0 fully saturated rings. The zero-order valence-electron chi connectivity index (χ0n) is 26.1. The van der Waals surface area contributed by atoms with Gasteiger partial charge in [0, 0.05) is 11.3 Å². The zero-order chi connectivity index (χ0) is 30.5. The fraction of sp³-hybridized carbons (Fsp3) is 0.667. The highest BCUT2D eigenvalue weighted by Gasteiger charge is 2.38. The molecule has 1 N–H and O–H groups in total. The molecule has 7 heteroatoms. The van der Waals surface area contributed by atoms with Crippen molar-refractivity contribution in [1.82, 2.24) is 4.98 Å². The predicted octanol–water partition coefficient (Wildman–Crippen LogP) is 10.0. The Hall–Kier alpha value is -2.46. The molecule has 4 atom stereocenters. The van der Waals surface area contributed by atoms with Gasteiger partial charge in [-0.2, -0.15) is 5.26 Å². The Morgan fingerprint density at radius 2 is 1.85 bits per heavy atom. The van der Waals surface area contributed by atoms with E-state index in [2.05, 4.69) is 52.6 Å². The van der Waals surface area contributed by atoms with Crippen LogP contribution in [-0.2, 0) is 11.2 Å². The number of aryl methyl sites for hydroxylation is 2. The summed E-state index contributed by atoms with van der Waals surface area (Å²) < 4.78 is 18.9. The largest absolute Gasteiger partial charge is 0.481 e. The second-order valence-electron chi connectivity index (χ2n) is 11.3. The lowest BCUT2D eigenvalue weighted by molar-refractivity contribution is -0.151. The average molecular weight is 575 g/mol. The summed E-state index contributed by atoms with van der Waals surface area (Å²) in [6.07, 6.45) is 5.51. The van der Waals surface area contributed by atoms with Gasteiger partial charge in [-0.1, -0.05) is 68.2 Å². The molecule has 0 spiro atoms. The first kappa shape index (κ1) is 35.6. The molecule has 5 nitrogen and oxygen atoms in total. The lowest BCUT2D eigenvalue weighted by Gasteiger charge is -2.35. The van der Waals surface area contributed by atoms with Gasteiger partial charge >= 0.3 is 5.97 Å². The van der Waals surface area contributed by atoms with Crippen LogP contribution >= 0.6 is 11.3 Å². The Morgan fingerprint density at radius 1 is 1.18 bits per heavy atom. The molecular formula is C33H51FN2O3S. The lowest BCUT2D eigenvalue weighted by Crippen LogP contribution is -2.34. The predicted molar refractivity (Wildman–Crippen MR) is 164 cm³/mol. The quantitative estimate of drug-likeness (QED) is 0.229. The van der Waals surface area contributed by atoms with Gasteiger partial charge in [-0.15, -0.1) is 11.3 Å². The highest BCUT2D eigenvalue weighted by Crippen LogP contribution is 2.40. The van der Waals surface area contributed by atoms with Crippen molar-refractivity contribution in [1.29, 1.82) is 5.26 Å². The number of halogens is 1. The summed E-state index contributed by atoms with van der Waals surface area (Å²) in [5.74, 6) is 1.62. The first-order valence-corrected chi connectivity index (χ1v) is 15.8. The van der Waals surface area contributed by atoms with Gasteiger partial charge in [0.1, 0.15) is 10.8 Å². The Balaban J connectivity index is 0.000000403. The standard InChI is InChI=1S/C17H34O2.C16H17FN2OS/c1-7-10-17(9-3,16(18)19)12-15(13(4)5)11-14(6)8-2;1-4-14-10(3)19-16(21-14)12-8-11(9-18)6-7-13(12)20-15(17)5-2/h13-15H,7-12H2,1-6H3,(H,18,19);6-8,15H,4-5H2,1-3H3/t14?,15?,17-;/m1./s1. The van der Waals surface area contributed by atoms with E-state index < -0.39 is 17.7 Å². The van der Waals surface area contributed by atoms with E-state index in [0.29, 0.717) is 34.6 Å². The van der Waals surface area contributed by atoms with Crippen LogP contribution in [0.3, 0.4) is 0 Å². The van der Waals surface area contributed by atoms with Gasteiger partial charge in [-0.05, 0) is 75.0 Å². The number of aliphatic carboxylic acids is 1. The summed E-state index contributed by atoms with van der Waals surface area (Å²) in [6.45, 7) is 18.8. The summed E-state index contributed by atoms with van der Waals surface area (Å²) in [4.78, 5) is 17.5. The smallest absolute Gasteiger partial charge is 0.309 e. The van der Waals surface area contributed by atoms with Gasteiger partial charge in [0.05, 0.1) is 28.3 Å². The summed E-state index contributed by atoms with van der Waals surface area (Å²) in [5.41, 5.74) is 1.66. The van der Waals surface area contributed by atoms with Crippen LogP contribution in [0.2, 0.25) is 0 Å². The van der Waals surface area contributed by atoms with Gasteiger partial charge in [0.15, 0.2) is 0 Å². The number of nitriles is 1. The third kappa shape index (κ3) is 10.2. The Kier molecular flexibility index (Phi) is 15.4. The van der Waals surface area contributed by atoms with Crippen molar-refractivity contribution in [2.45, 2.75) is 120 Å². The van der Waals surface area contributed by atoms with Crippen molar-refractivity contribution in [2.75, 3.05) is 0 Å². The van der Waals surface area contributed by atoms with Crippen LogP contribution in [0.1, 0.15) is 116 Å². The Morgan fingerprint density at radius 3 is 2.30 bits per heavy atom. The third-order valence-corrected chi connectivity index (χ3v) is 9.32. The topological polar surface area (TPSA) is 83.2 Å². The molecule has 224 valence electrons. The SMILES string of the molecule is CCC[C@](CC)(CC(CC(C)CC)C(C)C)C(=O)O.CCc1sc(-c2cc(C#N)ccc2OC(F)CC)nc1C. The number of thiazole rings is 1. The molecule has 1 aromatic heterocycles. The van der Waals surface area contributed by atoms with Gasteiger partial charge < -0.3 is 9.84 Å². The van der Waals surface area contributed by atoms with Crippen LogP contribution in [0.5, 0.6) is 5.75 Å². The molecule has 3 unspecified atom stereocenters. The van der Waals surface area contributed by atoms with E-state index in [1.165, 1.54) is 11.3 Å². The van der Waals surface area contributed by atoms with Crippen molar-refractivity contribution in [3.05, 3.63) is 34.3 Å². The average Bonchev–Trinajstić information content (AvgIpc) is 3.32. The number of hydrogen-bond donors (Lipinski definition) is 1. The summed E-state index contributed by atoms with van der Waals surface area (Å²) >= 11 is 1.56. The van der Waals surface area contributed by atoms with Crippen molar-refractivity contribution in [3.63, 3.8) is 0 Å². The maximum atomic E-state index is 13.5.